The molecule has 23 heavy (non-hydrogen) atoms. The lowest BCUT2D eigenvalue weighted by molar-refractivity contribution is -0.121. The van der Waals surface area contributed by atoms with E-state index in [0.717, 1.165) is 4.88 Å². The topological polar surface area (TPSA) is 92.7 Å². The molecule has 3 aromatic heterocycles. The van der Waals surface area contributed by atoms with E-state index >= 15 is 0 Å². The SMILES string of the molecule is O=C(CC1CSc2nc3[nH]ncc3c(=O)n21)NCc1cccs1. The molecule has 1 amide bonds. The van der Waals surface area contributed by atoms with Crippen LogP contribution in [0.1, 0.15) is 17.3 Å². The Hall–Kier alpha value is -2.13. The third kappa shape index (κ3) is 2.66. The Morgan fingerprint density at radius 1 is 1.52 bits per heavy atom. The first-order chi connectivity index (χ1) is 11.2. The first-order valence-corrected chi connectivity index (χ1v) is 8.96. The number of rotatable bonds is 4. The van der Waals surface area contributed by atoms with E-state index in [1.54, 1.807) is 15.9 Å². The molecule has 4 heterocycles. The monoisotopic (exact) mass is 347 g/mol. The average Bonchev–Trinajstić information content (AvgIpc) is 3.26. The predicted octanol–water partition coefficient (Wildman–Crippen LogP) is 1.53. The van der Waals surface area contributed by atoms with E-state index in [2.05, 4.69) is 20.5 Å². The lowest BCUT2D eigenvalue weighted by Crippen LogP contribution is -2.30. The van der Waals surface area contributed by atoms with Gasteiger partial charge in [-0.15, -0.1) is 11.3 Å². The Bertz CT molecular complexity index is 915. The van der Waals surface area contributed by atoms with Crippen LogP contribution in [-0.4, -0.2) is 31.4 Å². The third-order valence-corrected chi connectivity index (χ3v) is 5.69. The second kappa shape index (κ2) is 5.82. The highest BCUT2D eigenvalue weighted by atomic mass is 32.2. The summed E-state index contributed by atoms with van der Waals surface area (Å²) < 4.78 is 1.62. The smallest absolute Gasteiger partial charge is 0.265 e. The fourth-order valence-corrected chi connectivity index (χ4v) is 4.37. The van der Waals surface area contributed by atoms with Crippen LogP contribution in [-0.2, 0) is 11.3 Å². The second-order valence-corrected chi connectivity index (χ2v) is 7.25. The number of hydrogen-bond acceptors (Lipinski definition) is 6. The van der Waals surface area contributed by atoms with E-state index in [9.17, 15) is 9.59 Å². The molecule has 3 aromatic rings. The first kappa shape index (κ1) is 14.5. The van der Waals surface area contributed by atoms with Gasteiger partial charge in [0.15, 0.2) is 10.8 Å². The Morgan fingerprint density at radius 3 is 3.26 bits per heavy atom. The van der Waals surface area contributed by atoms with Crippen LogP contribution in [0.5, 0.6) is 0 Å². The van der Waals surface area contributed by atoms with Gasteiger partial charge in [0.25, 0.3) is 5.56 Å². The minimum absolute atomic E-state index is 0.0592. The van der Waals surface area contributed by atoms with Gasteiger partial charge in [0.1, 0.15) is 5.39 Å². The summed E-state index contributed by atoms with van der Waals surface area (Å²) >= 11 is 3.10. The fourth-order valence-electron chi connectivity index (χ4n) is 2.59. The highest BCUT2D eigenvalue weighted by Crippen LogP contribution is 2.32. The largest absolute Gasteiger partial charge is 0.351 e. The van der Waals surface area contributed by atoms with Gasteiger partial charge in [0, 0.05) is 17.1 Å². The predicted molar refractivity (Wildman–Crippen MR) is 88.7 cm³/mol. The molecule has 9 heteroatoms. The van der Waals surface area contributed by atoms with E-state index in [-0.39, 0.29) is 23.9 Å². The summed E-state index contributed by atoms with van der Waals surface area (Å²) in [7, 11) is 0. The first-order valence-electron chi connectivity index (χ1n) is 7.10. The van der Waals surface area contributed by atoms with Crippen molar-refractivity contribution in [2.24, 2.45) is 0 Å². The molecule has 1 aliphatic rings. The van der Waals surface area contributed by atoms with Gasteiger partial charge in [-0.3, -0.25) is 19.3 Å². The zero-order chi connectivity index (χ0) is 15.8. The summed E-state index contributed by atoms with van der Waals surface area (Å²) in [5.74, 6) is 0.616. The van der Waals surface area contributed by atoms with Crippen LogP contribution in [0.4, 0.5) is 0 Å². The van der Waals surface area contributed by atoms with Crippen LogP contribution in [0.3, 0.4) is 0 Å². The number of nitrogens with zero attached hydrogens (tertiary/aromatic N) is 3. The van der Waals surface area contributed by atoms with Crippen LogP contribution < -0.4 is 10.9 Å². The van der Waals surface area contributed by atoms with Crippen LogP contribution >= 0.6 is 23.1 Å². The van der Waals surface area contributed by atoms with Crippen LogP contribution in [0.2, 0.25) is 0 Å². The number of amides is 1. The number of nitrogens with one attached hydrogen (secondary N) is 2. The summed E-state index contributed by atoms with van der Waals surface area (Å²) in [6.07, 6.45) is 1.76. The van der Waals surface area contributed by atoms with Gasteiger partial charge in [-0.2, -0.15) is 5.10 Å². The number of hydrogen-bond donors (Lipinski definition) is 2. The summed E-state index contributed by atoms with van der Waals surface area (Å²) in [5, 5.41) is 12.6. The van der Waals surface area contributed by atoms with Gasteiger partial charge in [-0.25, -0.2) is 4.98 Å². The minimum atomic E-state index is -0.169. The van der Waals surface area contributed by atoms with E-state index in [1.165, 1.54) is 18.0 Å². The number of thioether (sulfide) groups is 1. The third-order valence-electron chi connectivity index (χ3n) is 3.71. The number of H-pyrrole nitrogens is 1. The van der Waals surface area contributed by atoms with E-state index < -0.39 is 0 Å². The molecule has 0 aromatic carbocycles. The van der Waals surface area contributed by atoms with Crippen LogP contribution in [0.25, 0.3) is 11.0 Å². The van der Waals surface area contributed by atoms with Crippen molar-refractivity contribution >= 4 is 40.0 Å². The molecule has 0 aliphatic carbocycles. The molecule has 0 fully saturated rings. The molecule has 118 valence electrons. The summed E-state index contributed by atoms with van der Waals surface area (Å²) in [6, 6.07) is 3.77. The number of aromatic nitrogens is 4. The normalized spacial score (nSPS) is 16.6. The summed E-state index contributed by atoms with van der Waals surface area (Å²) in [4.78, 5) is 30.2. The number of carbonyl (C=O) groups is 1. The van der Waals surface area contributed by atoms with Crippen molar-refractivity contribution in [1.82, 2.24) is 25.1 Å². The van der Waals surface area contributed by atoms with Crippen molar-refractivity contribution in [3.05, 3.63) is 38.9 Å². The number of fused-ring (bicyclic) bond motifs is 2. The highest BCUT2D eigenvalue weighted by Gasteiger charge is 2.28. The lowest BCUT2D eigenvalue weighted by atomic mass is 10.2. The second-order valence-electron chi connectivity index (χ2n) is 5.23. The number of aromatic amines is 1. The Kier molecular flexibility index (Phi) is 3.66. The van der Waals surface area contributed by atoms with Gasteiger partial charge in [-0.1, -0.05) is 17.8 Å². The van der Waals surface area contributed by atoms with Crippen molar-refractivity contribution < 1.29 is 4.79 Å². The Morgan fingerprint density at radius 2 is 2.43 bits per heavy atom. The van der Waals surface area contributed by atoms with Gasteiger partial charge in [-0.05, 0) is 11.4 Å². The molecule has 0 saturated carbocycles. The van der Waals surface area contributed by atoms with Crippen molar-refractivity contribution in [1.29, 1.82) is 0 Å². The molecule has 0 saturated heterocycles. The van der Waals surface area contributed by atoms with Crippen molar-refractivity contribution in [2.75, 3.05) is 5.75 Å². The van der Waals surface area contributed by atoms with Gasteiger partial charge in [0.2, 0.25) is 5.91 Å². The zero-order valence-electron chi connectivity index (χ0n) is 12.0. The lowest BCUT2D eigenvalue weighted by Gasteiger charge is -2.12. The van der Waals surface area contributed by atoms with Gasteiger partial charge >= 0.3 is 0 Å². The molecule has 1 aliphatic heterocycles. The summed E-state index contributed by atoms with van der Waals surface area (Å²) in [6.45, 7) is 0.525. The van der Waals surface area contributed by atoms with E-state index in [0.29, 0.717) is 28.5 Å². The molecular weight excluding hydrogens is 334 g/mol. The maximum Gasteiger partial charge on any atom is 0.265 e. The highest BCUT2D eigenvalue weighted by molar-refractivity contribution is 7.99. The summed E-state index contributed by atoms with van der Waals surface area (Å²) in [5.41, 5.74) is 0.358. The Labute approximate surface area is 139 Å². The maximum atomic E-state index is 12.5. The number of carbonyl (C=O) groups excluding carboxylic acids is 1. The van der Waals surface area contributed by atoms with Gasteiger partial charge in [0.05, 0.1) is 18.8 Å². The molecule has 7 nitrogen and oxygen atoms in total. The molecule has 0 radical (unpaired) electrons. The molecule has 2 N–H and O–H groups in total. The fraction of sp³-hybridized carbons (Fsp3) is 0.286. The molecule has 1 unspecified atom stereocenters. The Balaban J connectivity index is 1.52. The van der Waals surface area contributed by atoms with E-state index in [1.807, 2.05) is 17.5 Å². The van der Waals surface area contributed by atoms with Crippen molar-refractivity contribution in [3.63, 3.8) is 0 Å². The minimum Gasteiger partial charge on any atom is -0.351 e. The van der Waals surface area contributed by atoms with E-state index in [4.69, 9.17) is 0 Å². The van der Waals surface area contributed by atoms with Crippen molar-refractivity contribution in [3.8, 4) is 0 Å². The quantitative estimate of drug-likeness (QED) is 0.698. The number of thiophene rings is 1. The van der Waals surface area contributed by atoms with Crippen LogP contribution in [0.15, 0.2) is 33.7 Å². The molecule has 0 bridgehead atoms. The molecule has 4 rings (SSSR count). The van der Waals surface area contributed by atoms with Gasteiger partial charge < -0.3 is 5.32 Å². The zero-order valence-corrected chi connectivity index (χ0v) is 13.6. The molecule has 0 spiro atoms. The average molecular weight is 347 g/mol. The van der Waals surface area contributed by atoms with Crippen LogP contribution in [0, 0.1) is 0 Å². The van der Waals surface area contributed by atoms with Crippen molar-refractivity contribution in [2.45, 2.75) is 24.2 Å². The molecular formula is C14H13N5O2S2. The molecule has 1 atom stereocenters. The maximum absolute atomic E-state index is 12.5. The standard InChI is InChI=1S/C14H13N5O2S2/c20-11(15-5-9-2-1-3-22-9)4-8-7-23-14-17-12-10(6-16-18-12)13(21)19(8)14/h1-3,6,8H,4-5,7H2,(H,15,20)(H,16,18).